The number of H-pyrrole nitrogens is 1. The fraction of sp³-hybridized carbons (Fsp3) is 0.522. The first-order valence-corrected chi connectivity index (χ1v) is 11.9. The van der Waals surface area contributed by atoms with E-state index in [-0.39, 0.29) is 29.1 Å². The fourth-order valence-electron chi connectivity index (χ4n) is 4.50. The van der Waals surface area contributed by atoms with E-state index >= 15 is 0 Å². The molecule has 4 rings (SSSR count). The van der Waals surface area contributed by atoms with Gasteiger partial charge in [-0.1, -0.05) is 31.8 Å². The predicted molar refractivity (Wildman–Crippen MR) is 126 cm³/mol. The molecule has 0 spiro atoms. The third kappa shape index (κ3) is 5.47. The molecule has 1 unspecified atom stereocenters. The number of rotatable bonds is 8. The summed E-state index contributed by atoms with van der Waals surface area (Å²) in [5.41, 5.74) is 1.20. The summed E-state index contributed by atoms with van der Waals surface area (Å²) in [4.78, 5) is 38.4. The van der Waals surface area contributed by atoms with Crippen molar-refractivity contribution in [1.82, 2.24) is 35.6 Å². The SMILES string of the molecule is CCc1nonc1C(=O)N[C@H](C(=O)Nc1cnn(C(C)c2ccn[nH]c2=O)c1)C1CCC(C)CC1. The van der Waals surface area contributed by atoms with Crippen molar-refractivity contribution in [1.29, 1.82) is 0 Å². The van der Waals surface area contributed by atoms with Gasteiger partial charge in [0.15, 0.2) is 5.69 Å². The lowest BCUT2D eigenvalue weighted by Gasteiger charge is -2.32. The Morgan fingerprint density at radius 3 is 2.74 bits per heavy atom. The summed E-state index contributed by atoms with van der Waals surface area (Å²) in [7, 11) is 0. The van der Waals surface area contributed by atoms with Gasteiger partial charge in [-0.05, 0) is 49.2 Å². The van der Waals surface area contributed by atoms with Crippen LogP contribution in [0.1, 0.15) is 74.2 Å². The van der Waals surface area contributed by atoms with E-state index in [1.807, 2.05) is 13.8 Å². The Bertz CT molecular complexity index is 1220. The molecule has 0 saturated heterocycles. The number of anilines is 1. The van der Waals surface area contributed by atoms with Gasteiger partial charge >= 0.3 is 0 Å². The predicted octanol–water partition coefficient (Wildman–Crippen LogP) is 2.08. The van der Waals surface area contributed by atoms with Gasteiger partial charge in [-0.2, -0.15) is 10.2 Å². The highest BCUT2D eigenvalue weighted by atomic mass is 16.6. The summed E-state index contributed by atoms with van der Waals surface area (Å²) in [6, 6.07) is 0.512. The quantitative estimate of drug-likeness (QED) is 0.440. The molecule has 3 aromatic rings. The van der Waals surface area contributed by atoms with E-state index in [0.29, 0.717) is 29.3 Å². The maximum atomic E-state index is 13.4. The molecule has 1 aliphatic rings. The van der Waals surface area contributed by atoms with Crippen LogP contribution in [0.2, 0.25) is 0 Å². The zero-order chi connectivity index (χ0) is 24.9. The number of hydrogen-bond donors (Lipinski definition) is 3. The smallest absolute Gasteiger partial charge is 0.276 e. The monoisotopic (exact) mass is 482 g/mol. The molecule has 0 radical (unpaired) electrons. The lowest BCUT2D eigenvalue weighted by molar-refractivity contribution is -0.119. The van der Waals surface area contributed by atoms with Gasteiger partial charge in [-0.25, -0.2) is 9.73 Å². The first kappa shape index (κ1) is 24.3. The highest BCUT2D eigenvalue weighted by molar-refractivity contribution is 6.00. The summed E-state index contributed by atoms with van der Waals surface area (Å²) < 4.78 is 6.31. The molecule has 12 heteroatoms. The van der Waals surface area contributed by atoms with Gasteiger partial charge in [0.25, 0.3) is 11.5 Å². The topological polar surface area (TPSA) is 161 Å². The zero-order valence-electron chi connectivity index (χ0n) is 20.0. The lowest BCUT2D eigenvalue weighted by Crippen LogP contribution is -2.49. The van der Waals surface area contributed by atoms with E-state index < -0.39 is 11.9 Å². The van der Waals surface area contributed by atoms with Crippen molar-refractivity contribution in [3.63, 3.8) is 0 Å². The molecule has 3 heterocycles. The number of aromatic nitrogens is 6. The molecule has 0 bridgehead atoms. The summed E-state index contributed by atoms with van der Waals surface area (Å²) in [5, 5.41) is 23.7. The lowest BCUT2D eigenvalue weighted by atomic mass is 9.79. The van der Waals surface area contributed by atoms with Crippen LogP contribution in [0.25, 0.3) is 0 Å². The molecule has 2 atom stereocenters. The molecular formula is C23H30N8O4. The number of aromatic amines is 1. The van der Waals surface area contributed by atoms with E-state index in [2.05, 4.69) is 43.2 Å². The van der Waals surface area contributed by atoms with Gasteiger partial charge < -0.3 is 10.6 Å². The average molecular weight is 483 g/mol. The first-order valence-electron chi connectivity index (χ1n) is 11.9. The molecule has 0 aromatic carbocycles. The van der Waals surface area contributed by atoms with Crippen molar-refractivity contribution in [2.45, 2.75) is 65.0 Å². The normalized spacial score (nSPS) is 19.6. The molecule has 1 fully saturated rings. The van der Waals surface area contributed by atoms with Crippen molar-refractivity contribution in [3.05, 3.63) is 52.0 Å². The number of amides is 2. The van der Waals surface area contributed by atoms with Gasteiger partial charge in [-0.15, -0.1) is 0 Å². The average Bonchev–Trinajstić information content (AvgIpc) is 3.52. The Morgan fingerprint density at radius 1 is 1.26 bits per heavy atom. The first-order chi connectivity index (χ1) is 16.9. The van der Waals surface area contributed by atoms with Gasteiger partial charge in [-0.3, -0.25) is 19.1 Å². The van der Waals surface area contributed by atoms with Crippen LogP contribution in [-0.2, 0) is 11.2 Å². The third-order valence-electron chi connectivity index (χ3n) is 6.68. The van der Waals surface area contributed by atoms with Crippen molar-refractivity contribution in [2.24, 2.45) is 11.8 Å². The molecular weight excluding hydrogens is 452 g/mol. The minimum absolute atomic E-state index is 0.00978. The fourth-order valence-corrected chi connectivity index (χ4v) is 4.50. The van der Waals surface area contributed by atoms with Crippen LogP contribution in [0.5, 0.6) is 0 Å². The molecule has 3 N–H and O–H groups in total. The van der Waals surface area contributed by atoms with E-state index in [4.69, 9.17) is 4.63 Å². The maximum Gasteiger partial charge on any atom is 0.276 e. The van der Waals surface area contributed by atoms with Crippen LogP contribution in [0, 0.1) is 11.8 Å². The highest BCUT2D eigenvalue weighted by Crippen LogP contribution is 2.31. The molecule has 186 valence electrons. The molecule has 12 nitrogen and oxygen atoms in total. The standard InChI is InChI=1S/C23H30N8O4/c1-4-18-20(30-35-29-18)23(34)27-19(15-7-5-13(2)6-8-15)22(33)26-16-11-25-31(12-16)14(3)17-9-10-24-28-21(17)32/h9-15,19H,4-8H2,1-3H3,(H,26,33)(H,27,34)(H,28,32)/t13?,14?,15?,19-/m0/s1. The number of carbonyl (C=O) groups excluding carboxylic acids is 2. The highest BCUT2D eigenvalue weighted by Gasteiger charge is 2.34. The maximum absolute atomic E-state index is 13.4. The molecule has 1 aliphatic carbocycles. The third-order valence-corrected chi connectivity index (χ3v) is 6.68. The summed E-state index contributed by atoms with van der Waals surface area (Å²) in [6.07, 6.45) is 8.81. The van der Waals surface area contributed by atoms with Crippen molar-refractivity contribution in [2.75, 3.05) is 5.32 Å². The number of carbonyl (C=O) groups is 2. The molecule has 0 aliphatic heterocycles. The summed E-state index contributed by atoms with van der Waals surface area (Å²) in [5.74, 6) is -0.234. The molecule has 2 amide bonds. The number of aryl methyl sites for hydroxylation is 1. The van der Waals surface area contributed by atoms with Crippen LogP contribution in [0.15, 0.2) is 34.1 Å². The van der Waals surface area contributed by atoms with Crippen LogP contribution in [0.3, 0.4) is 0 Å². The van der Waals surface area contributed by atoms with Crippen molar-refractivity contribution >= 4 is 17.5 Å². The van der Waals surface area contributed by atoms with E-state index in [0.717, 1.165) is 25.7 Å². The minimum atomic E-state index is -0.750. The van der Waals surface area contributed by atoms with Crippen LogP contribution < -0.4 is 16.2 Å². The van der Waals surface area contributed by atoms with Gasteiger partial charge in [0.05, 0.1) is 17.9 Å². The second-order valence-electron chi connectivity index (χ2n) is 9.10. The van der Waals surface area contributed by atoms with E-state index in [9.17, 15) is 14.4 Å². The Balaban J connectivity index is 1.51. The van der Waals surface area contributed by atoms with Crippen molar-refractivity contribution < 1.29 is 14.2 Å². The van der Waals surface area contributed by atoms with Gasteiger partial charge in [0.1, 0.15) is 11.7 Å². The van der Waals surface area contributed by atoms with Gasteiger partial charge in [0.2, 0.25) is 5.91 Å². The van der Waals surface area contributed by atoms with Crippen LogP contribution >= 0.6 is 0 Å². The minimum Gasteiger partial charge on any atom is -0.338 e. The second-order valence-corrected chi connectivity index (χ2v) is 9.10. The molecule has 1 saturated carbocycles. The largest absolute Gasteiger partial charge is 0.338 e. The van der Waals surface area contributed by atoms with Crippen LogP contribution in [0.4, 0.5) is 5.69 Å². The molecule has 35 heavy (non-hydrogen) atoms. The van der Waals surface area contributed by atoms with Crippen molar-refractivity contribution in [3.8, 4) is 0 Å². The van der Waals surface area contributed by atoms with Gasteiger partial charge in [0, 0.05) is 18.0 Å². The Hall–Kier alpha value is -3.83. The number of nitrogens with zero attached hydrogens (tertiary/aromatic N) is 5. The summed E-state index contributed by atoms with van der Waals surface area (Å²) >= 11 is 0. The Morgan fingerprint density at radius 2 is 2.03 bits per heavy atom. The second kappa shape index (κ2) is 10.6. The van der Waals surface area contributed by atoms with E-state index in [1.54, 1.807) is 16.9 Å². The Labute approximate surface area is 201 Å². The summed E-state index contributed by atoms with van der Waals surface area (Å²) in [6.45, 7) is 5.87. The Kier molecular flexibility index (Phi) is 7.37. The van der Waals surface area contributed by atoms with Crippen LogP contribution in [-0.4, -0.2) is 48.1 Å². The van der Waals surface area contributed by atoms with E-state index in [1.165, 1.54) is 12.4 Å². The number of hydrogen-bond acceptors (Lipinski definition) is 8. The zero-order valence-corrected chi connectivity index (χ0v) is 20.0. The number of nitrogens with one attached hydrogen (secondary N) is 3. The molecule has 3 aromatic heterocycles.